The number of hydrogen-bond acceptors (Lipinski definition) is 4. The minimum Gasteiger partial charge on any atom is -0.319 e. The first-order valence-electron chi connectivity index (χ1n) is 9.03. The van der Waals surface area contributed by atoms with Crippen LogP contribution in [0.1, 0.15) is 39.4 Å². The number of nitrogens with one attached hydrogen (secondary N) is 1. The summed E-state index contributed by atoms with van der Waals surface area (Å²) in [6, 6.07) is 7.33. The minimum atomic E-state index is -4.46. The number of pyridine rings is 1. The van der Waals surface area contributed by atoms with Gasteiger partial charge in [-0.1, -0.05) is 0 Å². The molecular weight excluding hydrogens is 431 g/mol. The van der Waals surface area contributed by atoms with E-state index in [0.29, 0.717) is 11.3 Å². The lowest BCUT2D eigenvalue weighted by molar-refractivity contribution is -0.137. The van der Waals surface area contributed by atoms with Gasteiger partial charge in [0.25, 0.3) is 11.8 Å². The number of carbonyl (C=O) groups excluding carboxylic acids is 2. The molecule has 1 N–H and O–H groups in total. The Morgan fingerprint density at radius 2 is 1.87 bits per heavy atom. The van der Waals surface area contributed by atoms with E-state index < -0.39 is 23.6 Å². The maximum Gasteiger partial charge on any atom is 0.416 e. The number of hydrogen-bond donors (Lipinski definition) is 1. The fourth-order valence-corrected chi connectivity index (χ4v) is 3.30. The van der Waals surface area contributed by atoms with E-state index in [9.17, 15) is 22.8 Å². The molecule has 0 saturated carbocycles. The molecule has 3 heterocycles. The van der Waals surface area contributed by atoms with Crippen molar-refractivity contribution in [2.45, 2.75) is 19.1 Å². The number of anilines is 2. The summed E-state index contributed by atoms with van der Waals surface area (Å²) in [6.07, 6.45) is -0.149. The molecule has 31 heavy (non-hydrogen) atoms. The lowest BCUT2D eigenvalue weighted by Gasteiger charge is -2.32. The maximum absolute atomic E-state index is 13.1. The third kappa shape index (κ3) is 4.26. The van der Waals surface area contributed by atoms with Crippen LogP contribution in [-0.2, 0) is 6.18 Å². The van der Waals surface area contributed by atoms with E-state index in [4.69, 9.17) is 0 Å². The van der Waals surface area contributed by atoms with E-state index in [1.54, 1.807) is 12.1 Å². The molecule has 1 atom stereocenters. The average Bonchev–Trinajstić information content (AvgIpc) is 3.15. The van der Waals surface area contributed by atoms with Gasteiger partial charge in [0, 0.05) is 24.6 Å². The molecule has 11 heteroatoms. The van der Waals surface area contributed by atoms with Crippen LogP contribution in [0.4, 0.5) is 24.5 Å². The number of alkyl halides is 3. The van der Waals surface area contributed by atoms with Crippen LogP contribution in [0.3, 0.4) is 0 Å². The third-order valence-corrected chi connectivity index (χ3v) is 4.79. The molecule has 2 aromatic heterocycles. The zero-order valence-electron chi connectivity index (χ0n) is 16.2. The van der Waals surface area contributed by atoms with Crippen molar-refractivity contribution in [2.75, 3.05) is 16.8 Å². The molecule has 0 saturated heterocycles. The summed E-state index contributed by atoms with van der Waals surface area (Å²) in [5.74, 6) is -0.919. The van der Waals surface area contributed by atoms with Gasteiger partial charge >= 0.3 is 6.18 Å². The van der Waals surface area contributed by atoms with Gasteiger partial charge in [-0.25, -0.2) is 0 Å². The van der Waals surface area contributed by atoms with E-state index in [1.165, 1.54) is 40.3 Å². The van der Waals surface area contributed by atoms with Gasteiger partial charge in [0.05, 0.1) is 29.1 Å². The van der Waals surface area contributed by atoms with E-state index in [0.717, 1.165) is 12.1 Å². The Bertz CT molecular complexity index is 1100. The fourth-order valence-electron chi connectivity index (χ4n) is 3.30. The zero-order chi connectivity index (χ0) is 21.5. The smallest absolute Gasteiger partial charge is 0.319 e. The summed E-state index contributed by atoms with van der Waals surface area (Å²) in [6.45, 7) is 2.06. The van der Waals surface area contributed by atoms with E-state index in [-0.39, 0.29) is 37.5 Å². The van der Waals surface area contributed by atoms with Gasteiger partial charge < -0.3 is 10.2 Å². The van der Waals surface area contributed by atoms with Crippen LogP contribution in [0.25, 0.3) is 0 Å². The summed E-state index contributed by atoms with van der Waals surface area (Å²) in [5, 5.41) is 6.86. The highest BCUT2D eigenvalue weighted by molar-refractivity contribution is 7.59. The van der Waals surface area contributed by atoms with Crippen molar-refractivity contribution in [3.63, 3.8) is 0 Å². The molecule has 2 amide bonds. The first-order chi connectivity index (χ1) is 14.3. The molecule has 7 nitrogen and oxygen atoms in total. The van der Waals surface area contributed by atoms with Crippen molar-refractivity contribution in [2.24, 2.45) is 0 Å². The van der Waals surface area contributed by atoms with Gasteiger partial charge in [-0.15, -0.1) is 0 Å². The van der Waals surface area contributed by atoms with Crippen LogP contribution in [-0.4, -0.2) is 33.1 Å². The topological polar surface area (TPSA) is 80.1 Å². The number of benzene rings is 1. The highest BCUT2D eigenvalue weighted by Gasteiger charge is 2.35. The van der Waals surface area contributed by atoms with Crippen LogP contribution >= 0.6 is 13.5 Å². The van der Waals surface area contributed by atoms with E-state index in [1.807, 2.05) is 6.92 Å². The predicted molar refractivity (Wildman–Crippen MR) is 113 cm³/mol. The minimum absolute atomic E-state index is 0. The second kappa shape index (κ2) is 8.42. The monoisotopic (exact) mass is 449 g/mol. The standard InChI is InChI=1S/C20H16F3N5O2.H2S/c1-12-11-27(15-6-4-14(5-7-15)20(21,22)23)19(30)17-16(10-25-28(12)17)26-18(29)13-3-2-8-24-9-13;/h2-10,12H,11H2,1H3,(H,26,29);1H2/t12-;/m0./s1. The van der Waals surface area contributed by atoms with E-state index >= 15 is 0 Å². The Morgan fingerprint density at radius 3 is 2.48 bits per heavy atom. The molecule has 0 aliphatic carbocycles. The van der Waals surface area contributed by atoms with Crippen molar-refractivity contribution >= 4 is 36.7 Å². The molecule has 1 aromatic carbocycles. The molecular formula is C20H18F3N5O2S. The molecule has 162 valence electrons. The second-order valence-electron chi connectivity index (χ2n) is 6.86. The van der Waals surface area contributed by atoms with Crippen molar-refractivity contribution in [3.8, 4) is 0 Å². The molecule has 3 aromatic rings. The molecule has 0 spiro atoms. The quantitative estimate of drug-likeness (QED) is 0.658. The lowest BCUT2D eigenvalue weighted by atomic mass is 10.1. The molecule has 0 radical (unpaired) electrons. The first-order valence-corrected chi connectivity index (χ1v) is 9.03. The van der Waals surface area contributed by atoms with Gasteiger partial charge in [-0.2, -0.15) is 31.8 Å². The number of nitrogens with zero attached hydrogens (tertiary/aromatic N) is 4. The lowest BCUT2D eigenvalue weighted by Crippen LogP contribution is -2.43. The summed E-state index contributed by atoms with van der Waals surface area (Å²) in [7, 11) is 0. The van der Waals surface area contributed by atoms with Gasteiger partial charge in [0.2, 0.25) is 0 Å². The Labute approximate surface area is 182 Å². The van der Waals surface area contributed by atoms with Crippen LogP contribution in [0.5, 0.6) is 0 Å². The van der Waals surface area contributed by atoms with Crippen molar-refractivity contribution in [3.05, 3.63) is 71.8 Å². The normalized spacial score (nSPS) is 15.8. The van der Waals surface area contributed by atoms with E-state index in [2.05, 4.69) is 15.4 Å². The van der Waals surface area contributed by atoms with Crippen LogP contribution in [0.2, 0.25) is 0 Å². The van der Waals surface area contributed by atoms with Gasteiger partial charge in [0.15, 0.2) is 5.69 Å². The number of aromatic nitrogens is 3. The number of fused-ring (bicyclic) bond motifs is 1. The molecule has 0 bridgehead atoms. The molecule has 4 rings (SSSR count). The Morgan fingerprint density at radius 1 is 1.16 bits per heavy atom. The number of amides is 2. The van der Waals surface area contributed by atoms with Crippen LogP contribution in [0.15, 0.2) is 55.0 Å². The molecule has 0 unspecified atom stereocenters. The third-order valence-electron chi connectivity index (χ3n) is 4.79. The molecule has 0 fully saturated rings. The Balaban J connectivity index is 0.00000272. The van der Waals surface area contributed by atoms with Crippen molar-refractivity contribution < 1.29 is 22.8 Å². The zero-order valence-corrected chi connectivity index (χ0v) is 17.2. The molecule has 1 aliphatic rings. The highest BCUT2D eigenvalue weighted by Crippen LogP contribution is 2.33. The van der Waals surface area contributed by atoms with Gasteiger partial charge in [-0.05, 0) is 43.3 Å². The summed E-state index contributed by atoms with van der Waals surface area (Å²) in [5.41, 5.74) is 0.228. The van der Waals surface area contributed by atoms with Crippen molar-refractivity contribution in [1.29, 1.82) is 0 Å². The van der Waals surface area contributed by atoms with Crippen LogP contribution in [0, 0.1) is 0 Å². The summed E-state index contributed by atoms with van der Waals surface area (Å²) >= 11 is 0. The van der Waals surface area contributed by atoms with Crippen LogP contribution < -0.4 is 10.2 Å². The Hall–Kier alpha value is -3.34. The summed E-state index contributed by atoms with van der Waals surface area (Å²) < 4.78 is 40.0. The number of halogens is 3. The van der Waals surface area contributed by atoms with Gasteiger partial charge in [-0.3, -0.25) is 19.3 Å². The summed E-state index contributed by atoms with van der Waals surface area (Å²) in [4.78, 5) is 30.8. The Kier molecular flexibility index (Phi) is 6.07. The van der Waals surface area contributed by atoms with Gasteiger partial charge in [0.1, 0.15) is 0 Å². The second-order valence-corrected chi connectivity index (χ2v) is 6.86. The van der Waals surface area contributed by atoms with Crippen molar-refractivity contribution in [1.82, 2.24) is 14.8 Å². The SMILES string of the molecule is C[C@H]1CN(c2ccc(C(F)(F)F)cc2)C(=O)c2c(NC(=O)c3cccnc3)cnn21.S. The maximum atomic E-state index is 13.1. The predicted octanol–water partition coefficient (Wildman–Crippen LogP) is 3.88. The number of rotatable bonds is 3. The number of carbonyl (C=O) groups is 2. The molecule has 1 aliphatic heterocycles. The fraction of sp³-hybridized carbons (Fsp3) is 0.200. The first kappa shape index (κ1) is 22.3. The largest absolute Gasteiger partial charge is 0.416 e. The highest BCUT2D eigenvalue weighted by atomic mass is 32.1. The average molecular weight is 449 g/mol.